The molecule has 0 bridgehead atoms. The number of rotatable bonds is 0. The van der Waals surface area contributed by atoms with Crippen LogP contribution in [0.15, 0.2) is 0 Å². The van der Waals surface area contributed by atoms with E-state index in [0.717, 1.165) is 29.6 Å². The van der Waals surface area contributed by atoms with Crippen LogP contribution in [0.4, 0.5) is 0 Å². The predicted octanol–water partition coefficient (Wildman–Crippen LogP) is 4.64. The lowest BCUT2D eigenvalue weighted by Crippen LogP contribution is -2.36. The smallest absolute Gasteiger partial charge is 0.0380 e. The van der Waals surface area contributed by atoms with Crippen LogP contribution in [0.5, 0.6) is 0 Å². The summed E-state index contributed by atoms with van der Waals surface area (Å²) in [7, 11) is 0. The highest BCUT2D eigenvalue weighted by Gasteiger charge is 2.39. The quantitative estimate of drug-likeness (QED) is 0.541. The first-order chi connectivity index (χ1) is 7.33. The molecule has 0 aromatic carbocycles. The Labute approximate surface area is 94.8 Å². The van der Waals surface area contributed by atoms with Crippen molar-refractivity contribution in [1.29, 1.82) is 0 Å². The lowest BCUT2D eigenvalue weighted by atomic mass is 9.59. The van der Waals surface area contributed by atoms with Crippen molar-refractivity contribution < 1.29 is 0 Å². The van der Waals surface area contributed by atoms with Crippen LogP contribution in [-0.2, 0) is 0 Å². The van der Waals surface area contributed by atoms with Gasteiger partial charge in [-0.3, -0.25) is 0 Å². The van der Waals surface area contributed by atoms with Gasteiger partial charge in [0, 0.05) is 0 Å². The van der Waals surface area contributed by atoms with Gasteiger partial charge in [0.25, 0.3) is 0 Å². The fourth-order valence-corrected chi connectivity index (χ4v) is 4.84. The summed E-state index contributed by atoms with van der Waals surface area (Å²) in [5.74, 6) is 5.60. The summed E-state index contributed by atoms with van der Waals surface area (Å²) in [6.07, 6.45) is 14.1. The summed E-state index contributed by atoms with van der Waals surface area (Å²) in [6.45, 7) is 2.48. The molecule has 0 heteroatoms. The van der Waals surface area contributed by atoms with Crippen molar-refractivity contribution in [3.8, 4) is 0 Å². The minimum Gasteiger partial charge on any atom is -0.0625 e. The van der Waals surface area contributed by atoms with Crippen LogP contribution in [-0.4, -0.2) is 0 Å². The minimum absolute atomic E-state index is 1.03. The number of fused-ring (bicyclic) bond motifs is 2. The third-order valence-electron chi connectivity index (χ3n) is 5.68. The Hall–Kier alpha value is 0. The highest BCUT2D eigenvalue weighted by molar-refractivity contribution is 4.90. The SMILES string of the molecule is C[C@@H]1CCC2CC3CCCCC3CC2C1. The molecule has 5 atom stereocenters. The van der Waals surface area contributed by atoms with Crippen LogP contribution >= 0.6 is 0 Å². The molecule has 3 rings (SSSR count). The fourth-order valence-electron chi connectivity index (χ4n) is 4.84. The second kappa shape index (κ2) is 4.11. The summed E-state index contributed by atoms with van der Waals surface area (Å²) in [4.78, 5) is 0. The van der Waals surface area contributed by atoms with Crippen LogP contribution in [0.3, 0.4) is 0 Å². The Morgan fingerprint density at radius 2 is 1.20 bits per heavy atom. The van der Waals surface area contributed by atoms with Crippen molar-refractivity contribution in [3.63, 3.8) is 0 Å². The van der Waals surface area contributed by atoms with Gasteiger partial charge in [0.2, 0.25) is 0 Å². The summed E-state index contributed by atoms with van der Waals surface area (Å²) in [6, 6.07) is 0. The zero-order chi connectivity index (χ0) is 10.3. The molecule has 3 aliphatic rings. The Kier molecular flexibility index (Phi) is 2.79. The maximum Gasteiger partial charge on any atom is -0.0380 e. The zero-order valence-electron chi connectivity index (χ0n) is 10.3. The molecule has 0 N–H and O–H groups in total. The van der Waals surface area contributed by atoms with E-state index in [1.807, 2.05) is 0 Å². The second-order valence-electron chi connectivity index (χ2n) is 6.71. The predicted molar refractivity (Wildman–Crippen MR) is 64.7 cm³/mol. The zero-order valence-corrected chi connectivity index (χ0v) is 10.3. The Morgan fingerprint density at radius 1 is 0.600 bits per heavy atom. The van der Waals surface area contributed by atoms with E-state index in [2.05, 4.69) is 6.92 Å². The van der Waals surface area contributed by atoms with Gasteiger partial charge in [0.05, 0.1) is 0 Å². The van der Waals surface area contributed by atoms with Gasteiger partial charge in [-0.15, -0.1) is 0 Å². The highest BCUT2D eigenvalue weighted by Crippen LogP contribution is 2.50. The van der Waals surface area contributed by atoms with Crippen LogP contribution < -0.4 is 0 Å². The van der Waals surface area contributed by atoms with E-state index in [0.29, 0.717) is 0 Å². The molecular formula is C15H26. The second-order valence-corrected chi connectivity index (χ2v) is 6.71. The third-order valence-corrected chi connectivity index (χ3v) is 5.68. The van der Waals surface area contributed by atoms with Crippen molar-refractivity contribution in [2.75, 3.05) is 0 Å². The van der Waals surface area contributed by atoms with E-state index in [4.69, 9.17) is 0 Å². The summed E-state index contributed by atoms with van der Waals surface area (Å²) < 4.78 is 0. The Balaban J connectivity index is 1.67. The molecule has 0 radical (unpaired) electrons. The van der Waals surface area contributed by atoms with Crippen molar-refractivity contribution in [3.05, 3.63) is 0 Å². The lowest BCUT2D eigenvalue weighted by molar-refractivity contribution is 0.0377. The van der Waals surface area contributed by atoms with Gasteiger partial charge in [0.1, 0.15) is 0 Å². The molecule has 0 saturated heterocycles. The molecule has 0 amide bonds. The standard InChI is InChI=1S/C15H26/c1-11-6-7-14-9-12-4-2-3-5-13(12)10-15(14)8-11/h11-15H,2-10H2,1H3/t11-,12?,13?,14?,15?/m1/s1. The van der Waals surface area contributed by atoms with Crippen LogP contribution in [0.2, 0.25) is 0 Å². The van der Waals surface area contributed by atoms with E-state index >= 15 is 0 Å². The molecule has 3 saturated carbocycles. The minimum atomic E-state index is 1.03. The highest BCUT2D eigenvalue weighted by atomic mass is 14.4. The van der Waals surface area contributed by atoms with Gasteiger partial charge in [-0.05, 0) is 55.3 Å². The van der Waals surface area contributed by atoms with Gasteiger partial charge in [-0.2, -0.15) is 0 Å². The summed E-state index contributed by atoms with van der Waals surface area (Å²) in [5, 5.41) is 0. The van der Waals surface area contributed by atoms with Gasteiger partial charge >= 0.3 is 0 Å². The topological polar surface area (TPSA) is 0 Å². The van der Waals surface area contributed by atoms with Crippen LogP contribution in [0, 0.1) is 29.6 Å². The molecule has 0 aromatic rings. The first-order valence-corrected chi connectivity index (χ1v) is 7.33. The van der Waals surface area contributed by atoms with Crippen molar-refractivity contribution in [2.45, 2.75) is 64.7 Å². The lowest BCUT2D eigenvalue weighted by Gasteiger charge is -2.47. The van der Waals surface area contributed by atoms with Crippen molar-refractivity contribution >= 4 is 0 Å². The molecule has 4 unspecified atom stereocenters. The molecule has 0 nitrogen and oxygen atoms in total. The largest absolute Gasteiger partial charge is 0.0625 e. The molecule has 0 heterocycles. The normalized spacial score (nSPS) is 50.6. The maximum absolute atomic E-state index is 2.48. The van der Waals surface area contributed by atoms with E-state index in [1.165, 1.54) is 19.3 Å². The fraction of sp³-hybridized carbons (Fsp3) is 1.00. The van der Waals surface area contributed by atoms with Crippen molar-refractivity contribution in [1.82, 2.24) is 0 Å². The van der Waals surface area contributed by atoms with Gasteiger partial charge < -0.3 is 0 Å². The monoisotopic (exact) mass is 206 g/mol. The van der Waals surface area contributed by atoms with Crippen LogP contribution in [0.25, 0.3) is 0 Å². The summed E-state index contributed by atoms with van der Waals surface area (Å²) in [5.41, 5.74) is 0. The first-order valence-electron chi connectivity index (χ1n) is 7.33. The van der Waals surface area contributed by atoms with E-state index in [1.54, 1.807) is 38.5 Å². The third kappa shape index (κ3) is 1.97. The van der Waals surface area contributed by atoms with Gasteiger partial charge in [-0.1, -0.05) is 39.0 Å². The Bertz CT molecular complexity index is 220. The van der Waals surface area contributed by atoms with E-state index < -0.39 is 0 Å². The van der Waals surface area contributed by atoms with E-state index in [9.17, 15) is 0 Å². The molecule has 15 heavy (non-hydrogen) atoms. The van der Waals surface area contributed by atoms with Gasteiger partial charge in [-0.25, -0.2) is 0 Å². The van der Waals surface area contributed by atoms with E-state index in [-0.39, 0.29) is 0 Å². The van der Waals surface area contributed by atoms with Gasteiger partial charge in [0.15, 0.2) is 0 Å². The summed E-state index contributed by atoms with van der Waals surface area (Å²) >= 11 is 0. The average Bonchev–Trinajstić information content (AvgIpc) is 2.26. The molecule has 3 fully saturated rings. The molecule has 0 spiro atoms. The molecule has 86 valence electrons. The molecule has 0 aliphatic heterocycles. The molecule has 3 aliphatic carbocycles. The van der Waals surface area contributed by atoms with Crippen LogP contribution in [0.1, 0.15) is 64.7 Å². The molecular weight excluding hydrogens is 180 g/mol. The molecule has 0 aromatic heterocycles. The number of hydrogen-bond donors (Lipinski definition) is 0. The Morgan fingerprint density at radius 3 is 1.93 bits per heavy atom. The first kappa shape index (κ1) is 10.2. The maximum atomic E-state index is 2.48. The van der Waals surface area contributed by atoms with Crippen molar-refractivity contribution in [2.24, 2.45) is 29.6 Å². The average molecular weight is 206 g/mol. The number of hydrogen-bond acceptors (Lipinski definition) is 0.